The van der Waals surface area contributed by atoms with E-state index in [1.165, 1.54) is 0 Å². The monoisotopic (exact) mass is 210 g/mol. The van der Waals surface area contributed by atoms with Crippen LogP contribution in [0.3, 0.4) is 0 Å². The van der Waals surface area contributed by atoms with Crippen molar-refractivity contribution in [2.45, 2.75) is 37.8 Å². The summed E-state index contributed by atoms with van der Waals surface area (Å²) >= 11 is 0. The molecule has 15 heavy (non-hydrogen) atoms. The normalized spacial score (nSPS) is 29.9. The summed E-state index contributed by atoms with van der Waals surface area (Å²) in [7, 11) is 0. The molecule has 1 aliphatic carbocycles. The van der Waals surface area contributed by atoms with Gasteiger partial charge in [-0.2, -0.15) is 0 Å². The number of carboxylic acid groups (broad SMARTS) is 1. The van der Waals surface area contributed by atoms with Gasteiger partial charge in [-0.1, -0.05) is 0 Å². The molecule has 2 N–H and O–H groups in total. The Bertz CT molecular complexity index is 380. The number of nitrogens with zero attached hydrogens (tertiary/aromatic N) is 2. The predicted molar refractivity (Wildman–Crippen MR) is 52.5 cm³/mol. The molecule has 0 bridgehead atoms. The summed E-state index contributed by atoms with van der Waals surface area (Å²) in [4.78, 5) is 15.4. The van der Waals surface area contributed by atoms with Crippen LogP contribution in [0.25, 0.3) is 0 Å². The molecule has 0 spiro atoms. The molecular formula is C10H14N2O3. The molecule has 0 amide bonds. The zero-order chi connectivity index (χ0) is 11.1. The largest absolute Gasteiger partial charge is 0.480 e. The van der Waals surface area contributed by atoms with Gasteiger partial charge in [-0.25, -0.2) is 4.98 Å². The van der Waals surface area contributed by atoms with Crippen LogP contribution in [-0.4, -0.2) is 31.8 Å². The van der Waals surface area contributed by atoms with Gasteiger partial charge in [0, 0.05) is 18.9 Å². The van der Waals surface area contributed by atoms with Crippen LogP contribution in [0.1, 0.15) is 25.6 Å². The Labute approximate surface area is 87.4 Å². The molecule has 82 valence electrons. The Morgan fingerprint density at radius 3 is 2.87 bits per heavy atom. The van der Waals surface area contributed by atoms with Crippen molar-refractivity contribution in [3.8, 4) is 0 Å². The van der Waals surface area contributed by atoms with Gasteiger partial charge in [-0.3, -0.25) is 4.79 Å². The molecule has 2 rings (SSSR count). The zero-order valence-corrected chi connectivity index (χ0v) is 8.55. The van der Waals surface area contributed by atoms with Crippen LogP contribution in [-0.2, 0) is 16.8 Å². The number of aliphatic carboxylic acids is 1. The second-order valence-electron chi connectivity index (χ2n) is 3.99. The number of hydrogen-bond donors (Lipinski definition) is 2. The summed E-state index contributed by atoms with van der Waals surface area (Å²) in [5, 5.41) is 18.5. The second kappa shape index (κ2) is 3.34. The topological polar surface area (TPSA) is 75.4 Å². The van der Waals surface area contributed by atoms with Crippen molar-refractivity contribution in [2.75, 3.05) is 0 Å². The van der Waals surface area contributed by atoms with Crippen LogP contribution in [0.15, 0.2) is 12.4 Å². The van der Waals surface area contributed by atoms with Gasteiger partial charge < -0.3 is 14.8 Å². The number of imidazole rings is 1. The van der Waals surface area contributed by atoms with Gasteiger partial charge in [0.2, 0.25) is 0 Å². The fourth-order valence-corrected chi connectivity index (χ4v) is 2.18. The summed E-state index contributed by atoms with van der Waals surface area (Å²) in [6.07, 6.45) is 3.39. The first-order valence-electron chi connectivity index (χ1n) is 5.03. The number of aliphatic hydroxyl groups is 1. The molecule has 0 radical (unpaired) electrons. The lowest BCUT2D eigenvalue weighted by atomic mass is 9.66. The number of aryl methyl sites for hydroxylation is 1. The van der Waals surface area contributed by atoms with Crippen molar-refractivity contribution >= 4 is 5.97 Å². The van der Waals surface area contributed by atoms with Crippen LogP contribution in [0, 0.1) is 0 Å². The molecule has 1 fully saturated rings. The second-order valence-corrected chi connectivity index (χ2v) is 3.99. The highest BCUT2D eigenvalue weighted by Crippen LogP contribution is 2.43. The Morgan fingerprint density at radius 1 is 1.73 bits per heavy atom. The minimum Gasteiger partial charge on any atom is -0.480 e. The number of carbonyl (C=O) groups is 1. The van der Waals surface area contributed by atoms with E-state index >= 15 is 0 Å². The standard InChI is InChI=1S/C10H14N2O3/c1-2-12-4-3-11-8(12)10(9(14)15)5-7(13)6-10/h3-4,7,13H,2,5-6H2,1H3,(H,14,15). The lowest BCUT2D eigenvalue weighted by Gasteiger charge is -2.41. The molecule has 0 aliphatic heterocycles. The third kappa shape index (κ3) is 1.34. The van der Waals surface area contributed by atoms with Crippen LogP contribution < -0.4 is 0 Å². The summed E-state index contributed by atoms with van der Waals surface area (Å²) in [6, 6.07) is 0. The van der Waals surface area contributed by atoms with E-state index in [0.717, 1.165) is 0 Å². The van der Waals surface area contributed by atoms with Crippen molar-refractivity contribution < 1.29 is 15.0 Å². The highest BCUT2D eigenvalue weighted by molar-refractivity contribution is 5.81. The first kappa shape index (κ1) is 10.2. The minimum absolute atomic E-state index is 0.263. The summed E-state index contributed by atoms with van der Waals surface area (Å²) < 4.78 is 1.82. The molecule has 5 heteroatoms. The average Bonchev–Trinajstić information content (AvgIpc) is 2.59. The summed E-state index contributed by atoms with van der Waals surface area (Å²) in [5.74, 6) is -0.337. The molecule has 0 saturated heterocycles. The van der Waals surface area contributed by atoms with Crippen LogP contribution in [0.2, 0.25) is 0 Å². The predicted octanol–water partition coefficient (Wildman–Crippen LogP) is 0.380. The van der Waals surface area contributed by atoms with Gasteiger partial charge in [0.15, 0.2) is 0 Å². The fraction of sp³-hybridized carbons (Fsp3) is 0.600. The van der Waals surface area contributed by atoms with Crippen LogP contribution in [0.4, 0.5) is 0 Å². The maximum Gasteiger partial charge on any atom is 0.317 e. The SMILES string of the molecule is CCn1ccnc1C1(C(=O)O)CC(O)C1. The smallest absolute Gasteiger partial charge is 0.317 e. The highest BCUT2D eigenvalue weighted by atomic mass is 16.4. The molecule has 0 atom stereocenters. The first-order valence-corrected chi connectivity index (χ1v) is 5.03. The van der Waals surface area contributed by atoms with E-state index in [2.05, 4.69) is 4.98 Å². The number of aliphatic hydroxyl groups excluding tert-OH is 1. The summed E-state index contributed by atoms with van der Waals surface area (Å²) in [6.45, 7) is 2.64. The minimum atomic E-state index is -0.973. The average molecular weight is 210 g/mol. The van der Waals surface area contributed by atoms with E-state index in [4.69, 9.17) is 0 Å². The van der Waals surface area contributed by atoms with E-state index < -0.39 is 17.5 Å². The number of hydrogen-bond acceptors (Lipinski definition) is 3. The van der Waals surface area contributed by atoms with E-state index in [1.54, 1.807) is 12.4 Å². The van der Waals surface area contributed by atoms with Gasteiger partial charge >= 0.3 is 5.97 Å². The van der Waals surface area contributed by atoms with Crippen molar-refractivity contribution in [1.82, 2.24) is 9.55 Å². The van der Waals surface area contributed by atoms with E-state index in [1.807, 2.05) is 11.5 Å². The Morgan fingerprint density at radius 2 is 2.40 bits per heavy atom. The number of carboxylic acids is 1. The molecule has 0 aromatic carbocycles. The maximum absolute atomic E-state index is 11.3. The quantitative estimate of drug-likeness (QED) is 0.756. The molecule has 5 nitrogen and oxygen atoms in total. The van der Waals surface area contributed by atoms with Crippen LogP contribution in [0.5, 0.6) is 0 Å². The van der Waals surface area contributed by atoms with Crippen molar-refractivity contribution in [2.24, 2.45) is 0 Å². The lowest BCUT2D eigenvalue weighted by Crippen LogP contribution is -2.52. The third-order valence-electron chi connectivity index (χ3n) is 3.06. The van der Waals surface area contributed by atoms with Crippen molar-refractivity contribution in [3.63, 3.8) is 0 Å². The Hall–Kier alpha value is -1.36. The van der Waals surface area contributed by atoms with E-state index in [0.29, 0.717) is 12.4 Å². The number of aromatic nitrogens is 2. The zero-order valence-electron chi connectivity index (χ0n) is 8.55. The molecule has 1 aliphatic rings. The van der Waals surface area contributed by atoms with E-state index in [-0.39, 0.29) is 12.8 Å². The Kier molecular flexibility index (Phi) is 2.26. The van der Waals surface area contributed by atoms with Crippen molar-refractivity contribution in [3.05, 3.63) is 18.2 Å². The molecule has 1 aromatic heterocycles. The maximum atomic E-state index is 11.3. The fourth-order valence-electron chi connectivity index (χ4n) is 2.18. The molecule has 1 aromatic rings. The van der Waals surface area contributed by atoms with Gasteiger partial charge in [0.25, 0.3) is 0 Å². The lowest BCUT2D eigenvalue weighted by molar-refractivity contribution is -0.153. The van der Waals surface area contributed by atoms with Gasteiger partial charge in [0.05, 0.1) is 6.10 Å². The first-order chi connectivity index (χ1) is 7.10. The number of rotatable bonds is 3. The van der Waals surface area contributed by atoms with Gasteiger partial charge in [-0.15, -0.1) is 0 Å². The van der Waals surface area contributed by atoms with E-state index in [9.17, 15) is 15.0 Å². The molecule has 1 saturated carbocycles. The molecule has 1 heterocycles. The van der Waals surface area contributed by atoms with Gasteiger partial charge in [0.1, 0.15) is 11.2 Å². The third-order valence-corrected chi connectivity index (χ3v) is 3.06. The Balaban J connectivity index is 2.38. The molecular weight excluding hydrogens is 196 g/mol. The molecule has 0 unspecified atom stereocenters. The van der Waals surface area contributed by atoms with Gasteiger partial charge in [-0.05, 0) is 19.8 Å². The van der Waals surface area contributed by atoms with Crippen LogP contribution >= 0.6 is 0 Å². The summed E-state index contributed by atoms with van der Waals surface area (Å²) in [5.41, 5.74) is -0.973. The van der Waals surface area contributed by atoms with Crippen molar-refractivity contribution in [1.29, 1.82) is 0 Å². The highest BCUT2D eigenvalue weighted by Gasteiger charge is 2.54.